The number of anilines is 1. The highest BCUT2D eigenvalue weighted by molar-refractivity contribution is 8.01. The first-order chi connectivity index (χ1) is 16.4. The summed E-state index contributed by atoms with van der Waals surface area (Å²) < 4.78 is 5.45. The van der Waals surface area contributed by atoms with Gasteiger partial charge in [-0.3, -0.25) is 19.1 Å². The van der Waals surface area contributed by atoms with Crippen LogP contribution in [0.5, 0.6) is 0 Å². The molecule has 1 aliphatic rings. The van der Waals surface area contributed by atoms with Crippen molar-refractivity contribution in [2.24, 2.45) is 18.7 Å². The average molecular weight is 500 g/mol. The highest BCUT2D eigenvalue weighted by Crippen LogP contribution is 2.30. The number of aromatic nitrogens is 5. The summed E-state index contributed by atoms with van der Waals surface area (Å²) in [5.74, 6) is 1.05. The Morgan fingerprint density at radius 3 is 2.74 bits per heavy atom. The summed E-state index contributed by atoms with van der Waals surface area (Å²) in [6.45, 7) is 1.80. The van der Waals surface area contributed by atoms with Gasteiger partial charge >= 0.3 is 5.69 Å². The van der Waals surface area contributed by atoms with Crippen molar-refractivity contribution in [3.63, 3.8) is 0 Å². The number of primary amides is 1. The molecule has 3 aromatic heterocycles. The lowest BCUT2D eigenvalue weighted by atomic mass is 9.96. The molecule has 34 heavy (non-hydrogen) atoms. The second-order valence-corrected chi connectivity index (χ2v) is 10.7. The number of nitrogens with zero attached hydrogens (tertiary/aromatic N) is 5. The number of hydrogen-bond acceptors (Lipinski definition) is 8. The van der Waals surface area contributed by atoms with Gasteiger partial charge in [0.25, 0.3) is 5.56 Å². The molecule has 1 amide bonds. The van der Waals surface area contributed by atoms with E-state index in [0.717, 1.165) is 22.0 Å². The number of nitrogens with two attached hydrogens (primary N) is 1. The number of amides is 1. The van der Waals surface area contributed by atoms with Crippen molar-refractivity contribution in [3.8, 4) is 0 Å². The zero-order chi connectivity index (χ0) is 23.8. The predicted octanol–water partition coefficient (Wildman–Crippen LogP) is 1.92. The maximum absolute atomic E-state index is 12.7. The van der Waals surface area contributed by atoms with E-state index in [1.165, 1.54) is 9.27 Å². The van der Waals surface area contributed by atoms with Gasteiger partial charge in [-0.15, -0.1) is 11.3 Å². The maximum atomic E-state index is 12.7. The van der Waals surface area contributed by atoms with Crippen molar-refractivity contribution in [1.29, 1.82) is 0 Å². The molecule has 0 unspecified atom stereocenters. The van der Waals surface area contributed by atoms with Gasteiger partial charge < -0.3 is 15.2 Å². The van der Waals surface area contributed by atoms with Gasteiger partial charge in [0.2, 0.25) is 11.9 Å². The monoisotopic (exact) mass is 499 g/mol. The molecule has 4 heterocycles. The fourth-order valence-electron chi connectivity index (χ4n) is 4.34. The summed E-state index contributed by atoms with van der Waals surface area (Å²) in [4.78, 5) is 50.3. The molecule has 5 rings (SSSR count). The lowest BCUT2D eigenvalue weighted by molar-refractivity contribution is -0.122. The molecule has 4 aromatic rings. The van der Waals surface area contributed by atoms with Gasteiger partial charge in [0.15, 0.2) is 15.5 Å². The molecule has 0 atom stereocenters. The zero-order valence-corrected chi connectivity index (χ0v) is 20.3. The number of fused-ring (bicyclic) bond motifs is 2. The number of carbonyl (C=O) groups excluding carboxylic acids is 1. The van der Waals surface area contributed by atoms with Crippen molar-refractivity contribution in [2.75, 3.05) is 23.7 Å². The lowest BCUT2D eigenvalue weighted by Gasteiger charge is -2.31. The predicted molar refractivity (Wildman–Crippen MR) is 135 cm³/mol. The van der Waals surface area contributed by atoms with Gasteiger partial charge in [-0.05, 0) is 31.4 Å². The number of nitrogens with one attached hydrogen (secondary N) is 1. The number of benzene rings is 1. The van der Waals surface area contributed by atoms with Crippen molar-refractivity contribution < 1.29 is 4.79 Å². The van der Waals surface area contributed by atoms with Gasteiger partial charge in [0.05, 0.1) is 10.2 Å². The number of hydrogen-bond donors (Lipinski definition) is 2. The van der Waals surface area contributed by atoms with Crippen LogP contribution < -0.4 is 21.9 Å². The van der Waals surface area contributed by atoms with Crippen molar-refractivity contribution in [1.82, 2.24) is 24.1 Å². The summed E-state index contributed by atoms with van der Waals surface area (Å²) in [6.07, 6.45) is 2.07. The number of H-pyrrole nitrogens is 1. The van der Waals surface area contributed by atoms with Gasteiger partial charge in [-0.1, -0.05) is 23.9 Å². The van der Waals surface area contributed by atoms with Crippen LogP contribution in [-0.2, 0) is 18.4 Å². The highest BCUT2D eigenvalue weighted by atomic mass is 32.2. The zero-order valence-electron chi connectivity index (χ0n) is 18.7. The Balaban J connectivity index is 1.38. The minimum absolute atomic E-state index is 0.146. The molecular weight excluding hydrogens is 474 g/mol. The van der Waals surface area contributed by atoms with E-state index in [1.807, 2.05) is 22.8 Å². The van der Waals surface area contributed by atoms with Crippen LogP contribution in [0, 0.1) is 5.92 Å². The number of rotatable bonds is 7. The largest absolute Gasteiger partial charge is 0.369 e. The summed E-state index contributed by atoms with van der Waals surface area (Å²) in [7, 11) is 1.60. The van der Waals surface area contributed by atoms with Crippen molar-refractivity contribution in [3.05, 3.63) is 45.1 Å². The minimum atomic E-state index is -0.493. The molecule has 0 spiro atoms. The first-order valence-corrected chi connectivity index (χ1v) is 12.9. The lowest BCUT2D eigenvalue weighted by Crippen LogP contribution is -2.39. The van der Waals surface area contributed by atoms with Crippen LogP contribution >= 0.6 is 23.1 Å². The Morgan fingerprint density at radius 2 is 2.00 bits per heavy atom. The fourth-order valence-corrected chi connectivity index (χ4v) is 6.40. The Kier molecular flexibility index (Phi) is 6.17. The molecule has 0 aliphatic carbocycles. The summed E-state index contributed by atoms with van der Waals surface area (Å²) in [5, 5.41) is 0. The molecule has 1 aliphatic heterocycles. The number of carbonyl (C=O) groups is 1. The molecule has 12 heteroatoms. The van der Waals surface area contributed by atoms with E-state index < -0.39 is 11.2 Å². The van der Waals surface area contributed by atoms with Crippen molar-refractivity contribution >= 4 is 56.3 Å². The minimum Gasteiger partial charge on any atom is -0.369 e. The van der Waals surface area contributed by atoms with Crippen LogP contribution in [0.3, 0.4) is 0 Å². The van der Waals surface area contributed by atoms with Crippen LogP contribution in [0.1, 0.15) is 19.3 Å². The smallest absolute Gasteiger partial charge is 0.329 e. The maximum Gasteiger partial charge on any atom is 0.329 e. The number of aryl methyl sites for hydroxylation is 2. The third kappa shape index (κ3) is 4.23. The highest BCUT2D eigenvalue weighted by Gasteiger charge is 2.27. The van der Waals surface area contributed by atoms with E-state index in [-0.39, 0.29) is 11.8 Å². The molecule has 1 saturated heterocycles. The molecule has 0 radical (unpaired) electrons. The first kappa shape index (κ1) is 22.7. The molecular formula is C22H25N7O3S2. The second kappa shape index (κ2) is 9.26. The molecule has 178 valence electrons. The molecule has 1 fully saturated rings. The number of imidazole rings is 1. The van der Waals surface area contributed by atoms with E-state index in [9.17, 15) is 14.4 Å². The van der Waals surface area contributed by atoms with Crippen molar-refractivity contribution in [2.45, 2.75) is 30.1 Å². The number of piperidine rings is 1. The Hall–Kier alpha value is -3.12. The first-order valence-electron chi connectivity index (χ1n) is 11.1. The van der Waals surface area contributed by atoms with Crippen LogP contribution in [0.4, 0.5) is 5.95 Å². The van der Waals surface area contributed by atoms with E-state index in [0.29, 0.717) is 49.6 Å². The third-order valence-corrected chi connectivity index (χ3v) is 8.46. The molecule has 10 nitrogen and oxygen atoms in total. The van der Waals surface area contributed by atoms with Crippen LogP contribution in [0.2, 0.25) is 0 Å². The van der Waals surface area contributed by atoms with E-state index in [2.05, 4.69) is 20.9 Å². The summed E-state index contributed by atoms with van der Waals surface area (Å²) >= 11 is 3.37. The number of para-hydroxylation sites is 1. The van der Waals surface area contributed by atoms with E-state index >= 15 is 0 Å². The fraction of sp³-hybridized carbons (Fsp3) is 0.409. The second-order valence-electron chi connectivity index (χ2n) is 8.37. The molecule has 1 aromatic carbocycles. The SMILES string of the molecule is Cn1c(=O)[nH]c(=O)c2c1nc(N1CCC(C(N)=O)CC1)n2CCCSc1nc2ccccc2s1. The van der Waals surface area contributed by atoms with Gasteiger partial charge in [0, 0.05) is 38.4 Å². The third-order valence-electron chi connectivity index (χ3n) is 6.19. The summed E-state index contributed by atoms with van der Waals surface area (Å²) in [5.41, 5.74) is 6.30. The normalized spacial score (nSPS) is 14.9. The topological polar surface area (TPSA) is 132 Å². The standard InChI is InChI=1S/C22H25N7O3S2/c1-27-18-16(19(31)26-21(27)32)29(20(25-18)28-10-7-13(8-11-28)17(23)30)9-4-12-33-22-24-14-5-2-3-6-15(14)34-22/h2-3,5-6,13H,4,7-12H2,1H3,(H2,23,30)(H,26,31,32). The molecule has 0 bridgehead atoms. The van der Waals surface area contributed by atoms with Gasteiger partial charge in [0.1, 0.15) is 0 Å². The molecule has 3 N–H and O–H groups in total. The summed E-state index contributed by atoms with van der Waals surface area (Å²) in [6, 6.07) is 8.08. The van der Waals surface area contributed by atoms with E-state index in [1.54, 1.807) is 30.1 Å². The Bertz CT molecular complexity index is 1440. The van der Waals surface area contributed by atoms with Crippen LogP contribution in [-0.4, -0.2) is 48.8 Å². The van der Waals surface area contributed by atoms with Gasteiger partial charge in [-0.25, -0.2) is 9.78 Å². The van der Waals surface area contributed by atoms with Crippen LogP contribution in [0.25, 0.3) is 21.4 Å². The Morgan fingerprint density at radius 1 is 1.24 bits per heavy atom. The average Bonchev–Trinajstić information content (AvgIpc) is 3.42. The molecule has 0 saturated carbocycles. The number of thioether (sulfide) groups is 1. The van der Waals surface area contributed by atoms with Crippen LogP contribution in [0.15, 0.2) is 38.2 Å². The quantitative estimate of drug-likeness (QED) is 0.293. The number of thiazole rings is 1. The van der Waals surface area contributed by atoms with Gasteiger partial charge in [-0.2, -0.15) is 4.98 Å². The Labute approximate surface area is 202 Å². The van der Waals surface area contributed by atoms with E-state index in [4.69, 9.17) is 10.7 Å². The number of aromatic amines is 1.